The van der Waals surface area contributed by atoms with Crippen LogP contribution >= 0.6 is 22.9 Å². The van der Waals surface area contributed by atoms with Crippen LogP contribution in [0.5, 0.6) is 17.2 Å². The molecule has 4 rings (SSSR count). The second kappa shape index (κ2) is 8.83. The molecule has 1 N–H and O–H groups in total. The van der Waals surface area contributed by atoms with E-state index in [1.54, 1.807) is 35.6 Å². The molecule has 0 aliphatic rings. The minimum Gasteiger partial charge on any atom is -0.493 e. The molecule has 31 heavy (non-hydrogen) atoms. The standard InChI is InChI=1S/C23H19ClN2O4S/c1-28-18-11-14(12-19(29-2)21(18)30-3)22(27)25-16-9-8-13(10-15(16)24)23-26-17-6-4-5-7-20(17)31-23/h4-12H,1-3H3,(H,25,27). The fraction of sp³-hybridized carbons (Fsp3) is 0.130. The molecule has 0 bridgehead atoms. The molecule has 0 aliphatic heterocycles. The van der Waals surface area contributed by atoms with Crippen molar-refractivity contribution in [1.82, 2.24) is 4.98 Å². The van der Waals surface area contributed by atoms with Crippen LogP contribution in [0.25, 0.3) is 20.8 Å². The summed E-state index contributed by atoms with van der Waals surface area (Å²) in [6, 6.07) is 16.6. The molecule has 1 heterocycles. The third-order valence-electron chi connectivity index (χ3n) is 4.69. The van der Waals surface area contributed by atoms with E-state index in [2.05, 4.69) is 10.3 Å². The summed E-state index contributed by atoms with van der Waals surface area (Å²) in [5, 5.41) is 4.11. The number of ether oxygens (including phenoxy) is 3. The number of amides is 1. The van der Waals surface area contributed by atoms with Crippen molar-refractivity contribution < 1.29 is 19.0 Å². The number of benzene rings is 3. The van der Waals surface area contributed by atoms with Gasteiger partial charge < -0.3 is 19.5 Å². The van der Waals surface area contributed by atoms with Gasteiger partial charge in [-0.3, -0.25) is 4.79 Å². The zero-order chi connectivity index (χ0) is 22.0. The predicted octanol–water partition coefficient (Wildman–Crippen LogP) is 5.89. The maximum Gasteiger partial charge on any atom is 0.255 e. The minimum absolute atomic E-state index is 0.348. The number of methoxy groups -OCH3 is 3. The Labute approximate surface area is 188 Å². The topological polar surface area (TPSA) is 69.7 Å². The Morgan fingerprint density at radius 3 is 2.29 bits per heavy atom. The molecule has 1 aromatic heterocycles. The number of nitrogens with one attached hydrogen (secondary N) is 1. The van der Waals surface area contributed by atoms with Crippen molar-refractivity contribution in [2.75, 3.05) is 26.6 Å². The number of hydrogen-bond donors (Lipinski definition) is 1. The smallest absolute Gasteiger partial charge is 0.255 e. The van der Waals surface area contributed by atoms with E-state index in [-0.39, 0.29) is 5.91 Å². The van der Waals surface area contributed by atoms with Crippen LogP contribution in [0.15, 0.2) is 54.6 Å². The van der Waals surface area contributed by atoms with Crippen LogP contribution in [0.3, 0.4) is 0 Å². The summed E-state index contributed by atoms with van der Waals surface area (Å²) in [6.07, 6.45) is 0. The lowest BCUT2D eigenvalue weighted by Crippen LogP contribution is -2.13. The van der Waals surface area contributed by atoms with Gasteiger partial charge >= 0.3 is 0 Å². The molecule has 0 atom stereocenters. The number of thiazole rings is 1. The summed E-state index contributed by atoms with van der Waals surface area (Å²) in [4.78, 5) is 17.5. The molecular formula is C23H19ClN2O4S. The number of nitrogens with zero attached hydrogens (tertiary/aromatic N) is 1. The molecule has 0 radical (unpaired) electrons. The Morgan fingerprint density at radius 1 is 0.968 bits per heavy atom. The fourth-order valence-corrected chi connectivity index (χ4v) is 4.34. The van der Waals surface area contributed by atoms with E-state index >= 15 is 0 Å². The van der Waals surface area contributed by atoms with E-state index < -0.39 is 0 Å². The van der Waals surface area contributed by atoms with Crippen LogP contribution < -0.4 is 19.5 Å². The third-order valence-corrected chi connectivity index (χ3v) is 6.08. The van der Waals surface area contributed by atoms with Crippen LogP contribution in [0, 0.1) is 0 Å². The van der Waals surface area contributed by atoms with Gasteiger partial charge in [0.1, 0.15) is 5.01 Å². The molecule has 4 aromatic rings. The minimum atomic E-state index is -0.353. The van der Waals surface area contributed by atoms with E-state index in [4.69, 9.17) is 25.8 Å². The monoisotopic (exact) mass is 454 g/mol. The molecule has 1 amide bonds. The summed E-state index contributed by atoms with van der Waals surface area (Å²) in [6.45, 7) is 0. The first-order valence-corrected chi connectivity index (χ1v) is 10.5. The van der Waals surface area contributed by atoms with Gasteiger partial charge in [-0.05, 0) is 42.5 Å². The summed E-state index contributed by atoms with van der Waals surface area (Å²) < 4.78 is 17.0. The van der Waals surface area contributed by atoms with Gasteiger partial charge in [-0.15, -0.1) is 11.3 Å². The van der Waals surface area contributed by atoms with Crippen molar-refractivity contribution >= 4 is 44.7 Å². The van der Waals surface area contributed by atoms with Crippen molar-refractivity contribution in [3.8, 4) is 27.8 Å². The Hall–Kier alpha value is -3.29. The Balaban J connectivity index is 1.60. The van der Waals surface area contributed by atoms with E-state index in [1.165, 1.54) is 21.3 Å². The van der Waals surface area contributed by atoms with Crippen molar-refractivity contribution in [1.29, 1.82) is 0 Å². The lowest BCUT2D eigenvalue weighted by Gasteiger charge is -2.14. The summed E-state index contributed by atoms with van der Waals surface area (Å²) >= 11 is 8.06. The fourth-order valence-electron chi connectivity index (χ4n) is 3.15. The van der Waals surface area contributed by atoms with Crippen molar-refractivity contribution in [2.24, 2.45) is 0 Å². The molecular weight excluding hydrogens is 436 g/mol. The van der Waals surface area contributed by atoms with Crippen molar-refractivity contribution in [3.05, 3.63) is 65.2 Å². The largest absolute Gasteiger partial charge is 0.493 e. The number of carbonyl (C=O) groups excluding carboxylic acids is 1. The highest BCUT2D eigenvalue weighted by atomic mass is 35.5. The number of halogens is 1. The maximum atomic E-state index is 12.8. The zero-order valence-electron chi connectivity index (χ0n) is 17.1. The predicted molar refractivity (Wildman–Crippen MR) is 124 cm³/mol. The van der Waals surface area contributed by atoms with Gasteiger partial charge in [0.25, 0.3) is 5.91 Å². The zero-order valence-corrected chi connectivity index (χ0v) is 18.6. The van der Waals surface area contributed by atoms with Gasteiger partial charge in [0.2, 0.25) is 5.75 Å². The molecule has 0 spiro atoms. The number of rotatable bonds is 6. The van der Waals surface area contributed by atoms with Gasteiger partial charge in [-0.25, -0.2) is 4.98 Å². The summed E-state index contributed by atoms with van der Waals surface area (Å²) in [5.41, 5.74) is 2.67. The number of aromatic nitrogens is 1. The molecule has 0 saturated carbocycles. The molecule has 0 aliphatic carbocycles. The number of carbonyl (C=O) groups is 1. The Bertz CT molecular complexity index is 1210. The Kier molecular flexibility index (Phi) is 5.97. The normalized spacial score (nSPS) is 10.7. The molecule has 3 aromatic carbocycles. The van der Waals surface area contributed by atoms with Crippen LogP contribution in [0.1, 0.15) is 10.4 Å². The quantitative estimate of drug-likeness (QED) is 0.393. The first-order chi connectivity index (χ1) is 15.0. The molecule has 6 nitrogen and oxygen atoms in total. The van der Waals surface area contributed by atoms with Gasteiger partial charge in [-0.2, -0.15) is 0 Å². The molecule has 8 heteroatoms. The highest BCUT2D eigenvalue weighted by Crippen LogP contribution is 2.39. The average Bonchev–Trinajstić information content (AvgIpc) is 3.23. The van der Waals surface area contributed by atoms with Gasteiger partial charge in [0.05, 0.1) is 42.3 Å². The molecule has 0 fully saturated rings. The average molecular weight is 455 g/mol. The number of hydrogen-bond acceptors (Lipinski definition) is 6. The van der Waals surface area contributed by atoms with Crippen molar-refractivity contribution in [2.45, 2.75) is 0 Å². The maximum absolute atomic E-state index is 12.8. The van der Waals surface area contributed by atoms with Crippen molar-refractivity contribution in [3.63, 3.8) is 0 Å². The number of fused-ring (bicyclic) bond motifs is 1. The van der Waals surface area contributed by atoms with Crippen LogP contribution in [0.2, 0.25) is 5.02 Å². The summed E-state index contributed by atoms with van der Waals surface area (Å²) in [5.74, 6) is 0.849. The van der Waals surface area contributed by atoms with E-state index in [0.29, 0.717) is 33.5 Å². The SMILES string of the molecule is COc1cc(C(=O)Nc2ccc(-c3nc4ccccc4s3)cc2Cl)cc(OC)c1OC. The van der Waals surface area contributed by atoms with E-state index in [9.17, 15) is 4.79 Å². The van der Waals surface area contributed by atoms with Crippen LogP contribution in [-0.2, 0) is 0 Å². The van der Waals surface area contributed by atoms with Crippen LogP contribution in [-0.4, -0.2) is 32.2 Å². The number of para-hydroxylation sites is 1. The third kappa shape index (κ3) is 4.15. The highest BCUT2D eigenvalue weighted by molar-refractivity contribution is 7.21. The second-order valence-electron chi connectivity index (χ2n) is 6.55. The molecule has 0 unspecified atom stereocenters. The highest BCUT2D eigenvalue weighted by Gasteiger charge is 2.18. The lowest BCUT2D eigenvalue weighted by atomic mass is 10.1. The van der Waals surface area contributed by atoms with Gasteiger partial charge in [0, 0.05) is 11.1 Å². The van der Waals surface area contributed by atoms with E-state index in [0.717, 1.165) is 20.8 Å². The van der Waals surface area contributed by atoms with Crippen LogP contribution in [0.4, 0.5) is 5.69 Å². The lowest BCUT2D eigenvalue weighted by molar-refractivity contribution is 0.102. The first-order valence-electron chi connectivity index (χ1n) is 9.31. The van der Waals surface area contributed by atoms with Gasteiger partial charge in [-0.1, -0.05) is 23.7 Å². The first kappa shape index (κ1) is 21.0. The molecule has 158 valence electrons. The Morgan fingerprint density at radius 2 is 1.68 bits per heavy atom. The summed E-state index contributed by atoms with van der Waals surface area (Å²) in [7, 11) is 4.50. The number of anilines is 1. The van der Waals surface area contributed by atoms with Gasteiger partial charge in [0.15, 0.2) is 11.5 Å². The molecule has 0 saturated heterocycles. The second-order valence-corrected chi connectivity index (χ2v) is 7.99. The van der Waals surface area contributed by atoms with E-state index in [1.807, 2.05) is 30.3 Å².